The number of carbonyl (C=O) groups is 2. The second kappa shape index (κ2) is 9.55. The number of nitrogens with one attached hydrogen (secondary N) is 1. The Kier molecular flexibility index (Phi) is 6.58. The van der Waals surface area contributed by atoms with Crippen LogP contribution in [-0.4, -0.2) is 46.0 Å². The first kappa shape index (κ1) is 22.1. The number of fused-ring (bicyclic) bond motifs is 1. The molecule has 1 N–H and O–H groups in total. The average Bonchev–Trinajstić information content (AvgIpc) is 3.46. The van der Waals surface area contributed by atoms with Gasteiger partial charge in [0.1, 0.15) is 0 Å². The van der Waals surface area contributed by atoms with Crippen LogP contribution >= 0.6 is 0 Å². The van der Waals surface area contributed by atoms with Crippen molar-refractivity contribution in [1.82, 2.24) is 19.8 Å². The maximum absolute atomic E-state index is 13.1. The highest BCUT2D eigenvalue weighted by Crippen LogP contribution is 2.24. The summed E-state index contributed by atoms with van der Waals surface area (Å²) in [5.74, 6) is 0.567. The summed E-state index contributed by atoms with van der Waals surface area (Å²) in [5.41, 5.74) is 4.05. The van der Waals surface area contributed by atoms with Crippen molar-refractivity contribution in [3.8, 4) is 0 Å². The van der Waals surface area contributed by atoms with E-state index in [0.717, 1.165) is 32.4 Å². The van der Waals surface area contributed by atoms with Gasteiger partial charge in [-0.2, -0.15) is 5.10 Å². The monoisotopic (exact) mass is 432 g/mol. The average molecular weight is 433 g/mol. The third-order valence-electron chi connectivity index (χ3n) is 6.17. The first-order valence-electron chi connectivity index (χ1n) is 11.5. The quantitative estimate of drug-likeness (QED) is 0.600. The van der Waals surface area contributed by atoms with Crippen molar-refractivity contribution < 1.29 is 9.59 Å². The molecule has 3 aromatic rings. The van der Waals surface area contributed by atoms with Gasteiger partial charge in [0.2, 0.25) is 0 Å². The van der Waals surface area contributed by atoms with Crippen LogP contribution in [0, 0.1) is 12.8 Å². The molecule has 1 atom stereocenters. The lowest BCUT2D eigenvalue weighted by molar-refractivity contribution is 0.0786. The molecule has 1 unspecified atom stereocenters. The molecule has 2 aromatic heterocycles. The molecular formula is C26H32N4O2. The molecule has 1 fully saturated rings. The van der Waals surface area contributed by atoms with Crippen LogP contribution in [0.15, 0.2) is 48.7 Å². The first-order chi connectivity index (χ1) is 15.4. The lowest BCUT2D eigenvalue weighted by Crippen LogP contribution is -2.29. The van der Waals surface area contributed by atoms with Gasteiger partial charge in [0, 0.05) is 31.7 Å². The molecule has 1 aliphatic rings. The number of rotatable bonds is 7. The van der Waals surface area contributed by atoms with E-state index in [1.54, 1.807) is 28.9 Å². The number of nitrogens with zero attached hydrogens (tertiary/aromatic N) is 3. The number of carbonyl (C=O) groups excluding carboxylic acids is 2. The second-order valence-corrected chi connectivity index (χ2v) is 9.23. The summed E-state index contributed by atoms with van der Waals surface area (Å²) in [4.78, 5) is 27.7. The van der Waals surface area contributed by atoms with Crippen molar-refractivity contribution in [2.45, 2.75) is 46.0 Å². The Hall–Kier alpha value is -3.15. The number of hydrogen-bond donors (Lipinski definition) is 1. The number of likely N-dealkylation sites (tertiary alicyclic amines) is 1. The fourth-order valence-electron chi connectivity index (χ4n) is 4.45. The van der Waals surface area contributed by atoms with Gasteiger partial charge in [-0.25, -0.2) is 4.52 Å². The maximum Gasteiger partial charge on any atom is 0.274 e. The van der Waals surface area contributed by atoms with E-state index in [1.807, 2.05) is 4.90 Å². The molecule has 0 spiro atoms. The van der Waals surface area contributed by atoms with Gasteiger partial charge in [-0.05, 0) is 55.9 Å². The predicted octanol–water partition coefficient (Wildman–Crippen LogP) is 4.44. The fourth-order valence-corrected chi connectivity index (χ4v) is 4.45. The zero-order valence-electron chi connectivity index (χ0n) is 19.2. The third kappa shape index (κ3) is 4.85. The van der Waals surface area contributed by atoms with Crippen LogP contribution in [0.25, 0.3) is 5.52 Å². The summed E-state index contributed by atoms with van der Waals surface area (Å²) in [7, 11) is 0. The van der Waals surface area contributed by atoms with Gasteiger partial charge < -0.3 is 10.2 Å². The SMILES string of the molecule is Cc1ccc(C(CNC(=O)c2cccn3nc(C(=O)N4CCCC4)cc23)CC(C)C)cc1. The zero-order valence-corrected chi connectivity index (χ0v) is 19.2. The summed E-state index contributed by atoms with van der Waals surface area (Å²) in [6.45, 7) is 8.60. The van der Waals surface area contributed by atoms with Crippen molar-refractivity contribution in [1.29, 1.82) is 0 Å². The highest BCUT2D eigenvalue weighted by molar-refractivity contribution is 6.02. The summed E-state index contributed by atoms with van der Waals surface area (Å²) < 4.78 is 1.63. The minimum absolute atomic E-state index is 0.0612. The Balaban J connectivity index is 1.52. The van der Waals surface area contributed by atoms with Crippen molar-refractivity contribution in [3.05, 3.63) is 71.0 Å². The van der Waals surface area contributed by atoms with E-state index in [4.69, 9.17) is 0 Å². The van der Waals surface area contributed by atoms with Crippen LogP contribution in [0.4, 0.5) is 0 Å². The lowest BCUT2D eigenvalue weighted by atomic mass is 9.89. The van der Waals surface area contributed by atoms with E-state index >= 15 is 0 Å². The topological polar surface area (TPSA) is 66.7 Å². The first-order valence-corrected chi connectivity index (χ1v) is 11.5. The molecule has 1 aromatic carbocycles. The van der Waals surface area contributed by atoms with Crippen LogP contribution in [0.3, 0.4) is 0 Å². The zero-order chi connectivity index (χ0) is 22.7. The Morgan fingerprint density at radius 2 is 1.81 bits per heavy atom. The molecule has 0 aliphatic carbocycles. The minimum atomic E-state index is -0.142. The fraction of sp³-hybridized carbons (Fsp3) is 0.423. The van der Waals surface area contributed by atoms with Crippen LogP contribution in [0.5, 0.6) is 0 Å². The third-order valence-corrected chi connectivity index (χ3v) is 6.17. The molecule has 0 radical (unpaired) electrons. The summed E-state index contributed by atoms with van der Waals surface area (Å²) in [5, 5.41) is 7.56. The smallest absolute Gasteiger partial charge is 0.274 e. The molecule has 32 heavy (non-hydrogen) atoms. The van der Waals surface area contributed by atoms with Crippen molar-refractivity contribution in [2.24, 2.45) is 5.92 Å². The van der Waals surface area contributed by atoms with Gasteiger partial charge in [-0.3, -0.25) is 9.59 Å². The van der Waals surface area contributed by atoms with Crippen LogP contribution in [0.2, 0.25) is 0 Å². The highest BCUT2D eigenvalue weighted by Gasteiger charge is 2.23. The number of hydrogen-bond acceptors (Lipinski definition) is 3. The van der Waals surface area contributed by atoms with Crippen molar-refractivity contribution in [2.75, 3.05) is 19.6 Å². The molecule has 3 heterocycles. The number of benzene rings is 1. The van der Waals surface area contributed by atoms with Gasteiger partial charge in [-0.15, -0.1) is 0 Å². The molecule has 6 nitrogen and oxygen atoms in total. The van der Waals surface area contributed by atoms with Gasteiger partial charge in [0.15, 0.2) is 5.69 Å². The molecule has 0 saturated carbocycles. The van der Waals surface area contributed by atoms with E-state index in [0.29, 0.717) is 29.2 Å². The molecule has 2 amide bonds. The molecule has 168 valence electrons. The van der Waals surface area contributed by atoms with Crippen LogP contribution in [-0.2, 0) is 0 Å². The second-order valence-electron chi connectivity index (χ2n) is 9.23. The van der Waals surface area contributed by atoms with Gasteiger partial charge in [0.25, 0.3) is 11.8 Å². The Bertz CT molecular complexity index is 1090. The van der Waals surface area contributed by atoms with Crippen LogP contribution < -0.4 is 5.32 Å². The molecule has 0 bridgehead atoms. The Labute approximate surface area is 189 Å². The highest BCUT2D eigenvalue weighted by atomic mass is 16.2. The van der Waals surface area contributed by atoms with Crippen molar-refractivity contribution in [3.63, 3.8) is 0 Å². The molecule has 6 heteroatoms. The Morgan fingerprint density at radius 1 is 1.09 bits per heavy atom. The normalized spacial score (nSPS) is 14.8. The number of aryl methyl sites for hydroxylation is 1. The molecular weight excluding hydrogens is 400 g/mol. The van der Waals surface area contributed by atoms with Gasteiger partial charge >= 0.3 is 0 Å². The van der Waals surface area contributed by atoms with Crippen LogP contribution in [0.1, 0.15) is 71.0 Å². The lowest BCUT2D eigenvalue weighted by Gasteiger charge is -2.20. The van der Waals surface area contributed by atoms with E-state index in [1.165, 1.54) is 11.1 Å². The minimum Gasteiger partial charge on any atom is -0.351 e. The molecule has 4 rings (SSSR count). The molecule has 1 saturated heterocycles. The standard InChI is InChI=1S/C26H32N4O2/c1-18(2)15-21(20-10-8-19(3)9-11-20)17-27-25(31)22-7-6-14-30-24(22)16-23(28-30)26(32)29-12-4-5-13-29/h6-11,14,16,18,21H,4-5,12-13,15,17H2,1-3H3,(H,27,31). The van der Waals surface area contributed by atoms with Crippen molar-refractivity contribution >= 4 is 17.3 Å². The van der Waals surface area contributed by atoms with E-state index in [9.17, 15) is 9.59 Å². The molecule has 1 aliphatic heterocycles. The van der Waals surface area contributed by atoms with Gasteiger partial charge in [0.05, 0.1) is 11.1 Å². The van der Waals surface area contributed by atoms with E-state index in [2.05, 4.69) is 55.5 Å². The maximum atomic E-state index is 13.1. The number of pyridine rings is 1. The van der Waals surface area contributed by atoms with E-state index < -0.39 is 0 Å². The summed E-state index contributed by atoms with van der Waals surface area (Å²) >= 11 is 0. The number of aromatic nitrogens is 2. The largest absolute Gasteiger partial charge is 0.351 e. The Morgan fingerprint density at radius 3 is 2.50 bits per heavy atom. The predicted molar refractivity (Wildman–Crippen MR) is 126 cm³/mol. The van der Waals surface area contributed by atoms with Gasteiger partial charge in [-0.1, -0.05) is 43.7 Å². The van der Waals surface area contributed by atoms with E-state index in [-0.39, 0.29) is 17.7 Å². The summed E-state index contributed by atoms with van der Waals surface area (Å²) in [6, 6.07) is 13.9. The number of amides is 2. The summed E-state index contributed by atoms with van der Waals surface area (Å²) in [6.07, 6.45) is 4.84.